The second kappa shape index (κ2) is 7.79. The van der Waals surface area contributed by atoms with Crippen LogP contribution in [0.1, 0.15) is 35.2 Å². The van der Waals surface area contributed by atoms with Gasteiger partial charge in [-0.15, -0.1) is 0 Å². The van der Waals surface area contributed by atoms with E-state index in [2.05, 4.69) is 5.32 Å². The minimum atomic E-state index is -0.155. The fourth-order valence-electron chi connectivity index (χ4n) is 2.56. The molecule has 0 radical (unpaired) electrons. The summed E-state index contributed by atoms with van der Waals surface area (Å²) in [5, 5.41) is 2.92. The van der Waals surface area contributed by atoms with E-state index in [0.717, 1.165) is 37.2 Å². The molecule has 1 amide bonds. The van der Waals surface area contributed by atoms with Crippen molar-refractivity contribution in [1.82, 2.24) is 5.32 Å². The van der Waals surface area contributed by atoms with Crippen LogP contribution in [0, 0.1) is 0 Å². The molecule has 120 valence electrons. The maximum Gasteiger partial charge on any atom is 0.251 e. The summed E-state index contributed by atoms with van der Waals surface area (Å²) in [5.41, 5.74) is 1.66. The van der Waals surface area contributed by atoms with E-state index in [0.29, 0.717) is 12.1 Å². The quantitative estimate of drug-likeness (QED) is 0.919. The molecule has 1 N–H and O–H groups in total. The topological polar surface area (TPSA) is 47.6 Å². The average Bonchev–Trinajstić information content (AvgIpc) is 2.62. The van der Waals surface area contributed by atoms with Crippen LogP contribution in [0.4, 0.5) is 0 Å². The lowest BCUT2D eigenvalue weighted by Crippen LogP contribution is -2.25. The highest BCUT2D eigenvalue weighted by molar-refractivity contribution is 5.94. The van der Waals surface area contributed by atoms with Crippen LogP contribution in [0.2, 0.25) is 0 Å². The van der Waals surface area contributed by atoms with Crippen molar-refractivity contribution in [2.24, 2.45) is 0 Å². The number of carbonyl (C=O) groups is 1. The second-order valence-electron chi connectivity index (χ2n) is 5.61. The minimum absolute atomic E-state index is 0.0764. The molecular formula is C19H21NO3. The fourth-order valence-corrected chi connectivity index (χ4v) is 2.56. The van der Waals surface area contributed by atoms with Gasteiger partial charge in [0, 0.05) is 18.5 Å². The Morgan fingerprint density at radius 3 is 2.78 bits per heavy atom. The molecule has 3 rings (SSSR count). The van der Waals surface area contributed by atoms with E-state index in [9.17, 15) is 4.79 Å². The van der Waals surface area contributed by atoms with Gasteiger partial charge >= 0.3 is 0 Å². The number of ether oxygens (including phenoxy) is 2. The van der Waals surface area contributed by atoms with Gasteiger partial charge in [0.05, 0.1) is 6.61 Å². The first-order chi connectivity index (χ1) is 11.3. The van der Waals surface area contributed by atoms with Crippen LogP contribution in [-0.4, -0.2) is 18.8 Å². The zero-order chi connectivity index (χ0) is 15.9. The summed E-state index contributed by atoms with van der Waals surface area (Å²) >= 11 is 0. The van der Waals surface area contributed by atoms with Gasteiger partial charge in [-0.1, -0.05) is 30.3 Å². The third-order valence-corrected chi connectivity index (χ3v) is 3.79. The van der Waals surface area contributed by atoms with Gasteiger partial charge in [0.15, 0.2) is 6.29 Å². The molecule has 4 heteroatoms. The Kier molecular flexibility index (Phi) is 5.27. The summed E-state index contributed by atoms with van der Waals surface area (Å²) < 4.78 is 11.4. The minimum Gasteiger partial charge on any atom is -0.465 e. The van der Waals surface area contributed by atoms with Gasteiger partial charge < -0.3 is 14.8 Å². The Morgan fingerprint density at radius 1 is 1.13 bits per heavy atom. The molecule has 1 heterocycles. The summed E-state index contributed by atoms with van der Waals surface area (Å²) in [6, 6.07) is 17.0. The van der Waals surface area contributed by atoms with Gasteiger partial charge in [-0.2, -0.15) is 0 Å². The van der Waals surface area contributed by atoms with E-state index < -0.39 is 0 Å². The van der Waals surface area contributed by atoms with Crippen LogP contribution >= 0.6 is 0 Å². The predicted molar refractivity (Wildman–Crippen MR) is 88.3 cm³/mol. The lowest BCUT2D eigenvalue weighted by atomic mass is 10.2. The van der Waals surface area contributed by atoms with Crippen molar-refractivity contribution in [1.29, 1.82) is 0 Å². The Labute approximate surface area is 136 Å². The molecule has 0 spiro atoms. The number of carbonyl (C=O) groups excluding carboxylic acids is 1. The van der Waals surface area contributed by atoms with Crippen molar-refractivity contribution in [3.8, 4) is 5.75 Å². The monoisotopic (exact) mass is 311 g/mol. The number of hydrogen-bond acceptors (Lipinski definition) is 3. The average molecular weight is 311 g/mol. The summed E-state index contributed by atoms with van der Waals surface area (Å²) in [4.78, 5) is 12.1. The van der Waals surface area contributed by atoms with Crippen molar-refractivity contribution >= 4 is 5.91 Å². The summed E-state index contributed by atoms with van der Waals surface area (Å²) in [5.74, 6) is 0.705. The molecule has 1 aliphatic rings. The van der Waals surface area contributed by atoms with Gasteiger partial charge in [0.2, 0.25) is 0 Å². The van der Waals surface area contributed by atoms with Crippen molar-refractivity contribution in [3.05, 3.63) is 65.7 Å². The maximum atomic E-state index is 12.1. The van der Waals surface area contributed by atoms with E-state index in [4.69, 9.17) is 9.47 Å². The van der Waals surface area contributed by atoms with Crippen molar-refractivity contribution < 1.29 is 14.3 Å². The summed E-state index contributed by atoms with van der Waals surface area (Å²) in [7, 11) is 0. The van der Waals surface area contributed by atoms with Gasteiger partial charge in [-0.25, -0.2) is 0 Å². The highest BCUT2D eigenvalue weighted by Gasteiger charge is 2.15. The third-order valence-electron chi connectivity index (χ3n) is 3.79. The first-order valence-electron chi connectivity index (χ1n) is 8.02. The Morgan fingerprint density at radius 2 is 2.00 bits per heavy atom. The van der Waals surface area contributed by atoms with Crippen molar-refractivity contribution in [2.75, 3.05) is 6.61 Å². The first-order valence-corrected chi connectivity index (χ1v) is 8.02. The smallest absolute Gasteiger partial charge is 0.251 e. The standard InChI is InChI=1S/C19H21NO3/c21-19(16-8-2-1-3-9-16)20-14-15-7-6-10-17(13-15)23-18-11-4-5-12-22-18/h1-3,6-10,13,18H,4-5,11-12,14H2,(H,20,21). The molecular weight excluding hydrogens is 290 g/mol. The first kappa shape index (κ1) is 15.6. The molecule has 0 bridgehead atoms. The number of amides is 1. The van der Waals surface area contributed by atoms with Gasteiger partial charge in [0.1, 0.15) is 5.75 Å². The number of benzene rings is 2. The highest BCUT2D eigenvalue weighted by atomic mass is 16.7. The third kappa shape index (κ3) is 4.57. The van der Waals surface area contributed by atoms with Crippen LogP contribution < -0.4 is 10.1 Å². The number of hydrogen-bond donors (Lipinski definition) is 1. The van der Waals surface area contributed by atoms with Gasteiger partial charge in [0.25, 0.3) is 5.91 Å². The predicted octanol–water partition coefficient (Wildman–Crippen LogP) is 3.52. The molecule has 2 aromatic rings. The lowest BCUT2D eigenvalue weighted by Gasteiger charge is -2.23. The number of nitrogens with one attached hydrogen (secondary N) is 1. The van der Waals surface area contributed by atoms with Gasteiger partial charge in [-0.05, 0) is 42.7 Å². The molecule has 1 saturated heterocycles. The fraction of sp³-hybridized carbons (Fsp3) is 0.316. The maximum absolute atomic E-state index is 12.1. The molecule has 23 heavy (non-hydrogen) atoms. The SMILES string of the molecule is O=C(NCc1cccc(OC2CCCCO2)c1)c1ccccc1. The van der Waals surface area contributed by atoms with Crippen LogP contribution in [0.5, 0.6) is 5.75 Å². The van der Waals surface area contributed by atoms with Gasteiger partial charge in [-0.3, -0.25) is 4.79 Å². The molecule has 1 fully saturated rings. The number of rotatable bonds is 5. The molecule has 0 aromatic heterocycles. The highest BCUT2D eigenvalue weighted by Crippen LogP contribution is 2.20. The van der Waals surface area contributed by atoms with Crippen LogP contribution in [0.25, 0.3) is 0 Å². The zero-order valence-corrected chi connectivity index (χ0v) is 13.0. The largest absolute Gasteiger partial charge is 0.465 e. The zero-order valence-electron chi connectivity index (χ0n) is 13.0. The molecule has 0 aliphatic carbocycles. The van der Waals surface area contributed by atoms with E-state index in [1.165, 1.54) is 0 Å². The van der Waals surface area contributed by atoms with Crippen LogP contribution in [0.3, 0.4) is 0 Å². The normalized spacial score (nSPS) is 17.5. The van der Waals surface area contributed by atoms with Crippen LogP contribution in [0.15, 0.2) is 54.6 Å². The summed E-state index contributed by atoms with van der Waals surface area (Å²) in [6.45, 7) is 1.23. The molecule has 1 unspecified atom stereocenters. The molecule has 1 atom stereocenters. The molecule has 4 nitrogen and oxygen atoms in total. The van der Waals surface area contributed by atoms with Crippen molar-refractivity contribution in [3.63, 3.8) is 0 Å². The van der Waals surface area contributed by atoms with E-state index in [1.54, 1.807) is 12.1 Å². The molecule has 2 aromatic carbocycles. The Hall–Kier alpha value is -2.33. The van der Waals surface area contributed by atoms with Crippen molar-refractivity contribution in [2.45, 2.75) is 32.1 Å². The molecule has 0 saturated carbocycles. The van der Waals surface area contributed by atoms with Crippen LogP contribution in [-0.2, 0) is 11.3 Å². The van der Waals surface area contributed by atoms with E-state index in [1.807, 2.05) is 42.5 Å². The summed E-state index contributed by atoms with van der Waals surface area (Å²) in [6.07, 6.45) is 3.01. The van der Waals surface area contributed by atoms with E-state index in [-0.39, 0.29) is 12.2 Å². The Bertz CT molecular complexity index is 636. The Balaban J connectivity index is 1.56. The second-order valence-corrected chi connectivity index (χ2v) is 5.61. The lowest BCUT2D eigenvalue weighted by molar-refractivity contribution is -0.105. The molecule has 1 aliphatic heterocycles. The van der Waals surface area contributed by atoms with E-state index >= 15 is 0 Å².